The highest BCUT2D eigenvalue weighted by molar-refractivity contribution is 5.26. The SMILES string of the molecule is CCCCC(N)C(CN)c1cccc(C)c1. The molecule has 0 spiro atoms. The number of unbranched alkanes of at least 4 members (excludes halogenated alkanes) is 1. The molecule has 0 saturated carbocycles. The number of benzene rings is 1. The maximum Gasteiger partial charge on any atom is 0.0120 e. The van der Waals surface area contributed by atoms with Crippen molar-refractivity contribution in [1.82, 2.24) is 0 Å². The van der Waals surface area contributed by atoms with Crippen molar-refractivity contribution in [2.75, 3.05) is 6.54 Å². The standard InChI is InChI=1S/C14H24N2/c1-3-4-8-14(16)13(10-15)12-7-5-6-11(2)9-12/h5-7,9,13-14H,3-4,8,10,15-16H2,1-2H3. The second kappa shape index (κ2) is 6.66. The van der Waals surface area contributed by atoms with Crippen molar-refractivity contribution in [3.63, 3.8) is 0 Å². The van der Waals surface area contributed by atoms with Gasteiger partial charge in [0, 0.05) is 18.5 Å². The van der Waals surface area contributed by atoms with Crippen molar-refractivity contribution in [3.8, 4) is 0 Å². The molecule has 1 aromatic rings. The van der Waals surface area contributed by atoms with Crippen LogP contribution in [-0.2, 0) is 0 Å². The molecule has 90 valence electrons. The highest BCUT2D eigenvalue weighted by Gasteiger charge is 2.17. The molecule has 0 radical (unpaired) electrons. The molecule has 0 amide bonds. The van der Waals surface area contributed by atoms with Gasteiger partial charge in [0.1, 0.15) is 0 Å². The third-order valence-corrected chi connectivity index (χ3v) is 3.13. The number of nitrogens with two attached hydrogens (primary N) is 2. The molecule has 4 N–H and O–H groups in total. The summed E-state index contributed by atoms with van der Waals surface area (Å²) in [5.41, 5.74) is 14.6. The Morgan fingerprint density at radius 2 is 2.06 bits per heavy atom. The highest BCUT2D eigenvalue weighted by Crippen LogP contribution is 2.21. The average molecular weight is 220 g/mol. The van der Waals surface area contributed by atoms with Crippen molar-refractivity contribution in [2.24, 2.45) is 11.5 Å². The Kier molecular flexibility index (Phi) is 5.50. The summed E-state index contributed by atoms with van der Waals surface area (Å²) in [6.45, 7) is 4.93. The fourth-order valence-corrected chi connectivity index (χ4v) is 2.10. The Bertz CT molecular complexity index is 309. The van der Waals surface area contributed by atoms with Crippen molar-refractivity contribution < 1.29 is 0 Å². The van der Waals surface area contributed by atoms with Crippen LogP contribution in [0.2, 0.25) is 0 Å². The number of hydrogen-bond donors (Lipinski definition) is 2. The molecule has 0 bridgehead atoms. The molecule has 2 unspecified atom stereocenters. The maximum absolute atomic E-state index is 6.22. The summed E-state index contributed by atoms with van der Waals surface area (Å²) in [5.74, 6) is 0.298. The van der Waals surface area contributed by atoms with Crippen LogP contribution in [0.15, 0.2) is 24.3 Å². The molecule has 1 rings (SSSR count). The van der Waals surface area contributed by atoms with E-state index in [4.69, 9.17) is 11.5 Å². The van der Waals surface area contributed by atoms with E-state index in [0.29, 0.717) is 12.5 Å². The van der Waals surface area contributed by atoms with Crippen molar-refractivity contribution in [1.29, 1.82) is 0 Å². The molecule has 2 heteroatoms. The fourth-order valence-electron chi connectivity index (χ4n) is 2.10. The van der Waals surface area contributed by atoms with Crippen molar-refractivity contribution >= 4 is 0 Å². The minimum absolute atomic E-state index is 0.187. The van der Waals surface area contributed by atoms with Crippen molar-refractivity contribution in [3.05, 3.63) is 35.4 Å². The molecule has 0 aliphatic carbocycles. The van der Waals surface area contributed by atoms with Gasteiger partial charge in [0.15, 0.2) is 0 Å². The van der Waals surface area contributed by atoms with Crippen LogP contribution < -0.4 is 11.5 Å². The molecule has 0 fully saturated rings. The molecule has 0 aromatic heterocycles. The van der Waals surface area contributed by atoms with Gasteiger partial charge in [-0.25, -0.2) is 0 Å². The van der Waals surface area contributed by atoms with Crippen LogP contribution >= 0.6 is 0 Å². The predicted octanol–water partition coefficient (Wildman–Crippen LogP) is 2.55. The zero-order valence-electron chi connectivity index (χ0n) is 10.4. The van der Waals surface area contributed by atoms with Gasteiger partial charge in [-0.05, 0) is 18.9 Å². The first-order valence-electron chi connectivity index (χ1n) is 6.21. The summed E-state index contributed by atoms with van der Waals surface area (Å²) >= 11 is 0. The summed E-state index contributed by atoms with van der Waals surface area (Å²) in [7, 11) is 0. The van der Waals surface area contributed by atoms with Gasteiger partial charge in [-0.2, -0.15) is 0 Å². The topological polar surface area (TPSA) is 52.0 Å². The Balaban J connectivity index is 2.73. The van der Waals surface area contributed by atoms with Crippen LogP contribution in [-0.4, -0.2) is 12.6 Å². The van der Waals surface area contributed by atoms with E-state index in [-0.39, 0.29) is 6.04 Å². The molecule has 1 aromatic carbocycles. The van der Waals surface area contributed by atoms with Gasteiger partial charge in [-0.3, -0.25) is 0 Å². The Morgan fingerprint density at radius 3 is 2.62 bits per heavy atom. The van der Waals surface area contributed by atoms with Gasteiger partial charge in [-0.15, -0.1) is 0 Å². The molecule has 2 atom stereocenters. The third-order valence-electron chi connectivity index (χ3n) is 3.13. The lowest BCUT2D eigenvalue weighted by atomic mass is 9.88. The Hall–Kier alpha value is -0.860. The van der Waals surface area contributed by atoms with E-state index in [9.17, 15) is 0 Å². The van der Waals surface area contributed by atoms with Gasteiger partial charge in [0.2, 0.25) is 0 Å². The van der Waals surface area contributed by atoms with Crippen molar-refractivity contribution in [2.45, 2.75) is 45.1 Å². The van der Waals surface area contributed by atoms with E-state index >= 15 is 0 Å². The molecular weight excluding hydrogens is 196 g/mol. The van der Waals surface area contributed by atoms with E-state index in [2.05, 4.69) is 38.1 Å². The van der Waals surface area contributed by atoms with Crippen LogP contribution in [0, 0.1) is 6.92 Å². The second-order valence-corrected chi connectivity index (χ2v) is 4.56. The first-order chi connectivity index (χ1) is 7.69. The predicted molar refractivity (Wildman–Crippen MR) is 70.5 cm³/mol. The van der Waals surface area contributed by atoms with E-state index in [1.807, 2.05) is 0 Å². The Labute approximate surface area is 99.0 Å². The number of hydrogen-bond acceptors (Lipinski definition) is 2. The normalized spacial score (nSPS) is 14.8. The zero-order chi connectivity index (χ0) is 12.0. The first-order valence-corrected chi connectivity index (χ1v) is 6.21. The molecule has 0 aliphatic heterocycles. The van der Waals surface area contributed by atoms with Crippen LogP contribution in [0.5, 0.6) is 0 Å². The van der Waals surface area contributed by atoms with E-state index in [0.717, 1.165) is 6.42 Å². The van der Waals surface area contributed by atoms with E-state index < -0.39 is 0 Å². The van der Waals surface area contributed by atoms with Crippen LogP contribution in [0.3, 0.4) is 0 Å². The third kappa shape index (κ3) is 3.62. The quantitative estimate of drug-likeness (QED) is 0.774. The lowest BCUT2D eigenvalue weighted by Crippen LogP contribution is -2.33. The largest absolute Gasteiger partial charge is 0.330 e. The smallest absolute Gasteiger partial charge is 0.0120 e. The van der Waals surface area contributed by atoms with Crippen LogP contribution in [0.4, 0.5) is 0 Å². The first kappa shape index (κ1) is 13.2. The fraction of sp³-hybridized carbons (Fsp3) is 0.571. The van der Waals surface area contributed by atoms with Gasteiger partial charge in [0.25, 0.3) is 0 Å². The summed E-state index contributed by atoms with van der Waals surface area (Å²) in [5, 5.41) is 0. The minimum Gasteiger partial charge on any atom is -0.330 e. The summed E-state index contributed by atoms with van der Waals surface area (Å²) < 4.78 is 0. The summed E-state index contributed by atoms with van der Waals surface area (Å²) in [6, 6.07) is 8.71. The zero-order valence-corrected chi connectivity index (χ0v) is 10.4. The summed E-state index contributed by atoms with van der Waals surface area (Å²) in [4.78, 5) is 0. The highest BCUT2D eigenvalue weighted by atomic mass is 14.7. The van der Waals surface area contributed by atoms with Crippen LogP contribution in [0.25, 0.3) is 0 Å². The maximum atomic E-state index is 6.22. The molecule has 16 heavy (non-hydrogen) atoms. The summed E-state index contributed by atoms with van der Waals surface area (Å²) in [6.07, 6.45) is 3.44. The van der Waals surface area contributed by atoms with E-state index in [1.165, 1.54) is 24.0 Å². The van der Waals surface area contributed by atoms with Gasteiger partial charge >= 0.3 is 0 Å². The molecule has 2 nitrogen and oxygen atoms in total. The van der Waals surface area contributed by atoms with Crippen LogP contribution in [0.1, 0.15) is 43.2 Å². The van der Waals surface area contributed by atoms with Gasteiger partial charge in [0.05, 0.1) is 0 Å². The lowest BCUT2D eigenvalue weighted by Gasteiger charge is -2.23. The lowest BCUT2D eigenvalue weighted by molar-refractivity contribution is 0.487. The Morgan fingerprint density at radius 1 is 1.31 bits per heavy atom. The molecule has 0 aliphatic rings. The minimum atomic E-state index is 0.187. The second-order valence-electron chi connectivity index (χ2n) is 4.56. The van der Waals surface area contributed by atoms with Gasteiger partial charge < -0.3 is 11.5 Å². The van der Waals surface area contributed by atoms with Gasteiger partial charge in [-0.1, -0.05) is 49.6 Å². The molecular formula is C14H24N2. The monoisotopic (exact) mass is 220 g/mol. The molecule has 0 saturated heterocycles. The molecule has 0 heterocycles. The average Bonchev–Trinajstić information content (AvgIpc) is 2.27. The number of aryl methyl sites for hydroxylation is 1. The number of rotatable bonds is 6. The van der Waals surface area contributed by atoms with E-state index in [1.54, 1.807) is 0 Å².